The van der Waals surface area contributed by atoms with Crippen molar-refractivity contribution in [1.29, 1.82) is 0 Å². The largest absolute Gasteiger partial charge is 0.468 e. The standard InChI is InChI=1S/C20H26ClN3O2S/c1-12(2)9-17-18(14-6-5-13(3)15(21)10-14)23-20(27-17)24-8-7-22-16(11-24)19(25)26-4/h5-6,10,12,16,22H,7-9,11H2,1-4H3. The molecule has 3 rings (SSSR count). The zero-order valence-corrected chi connectivity index (χ0v) is 17.8. The van der Waals surface area contributed by atoms with E-state index in [1.165, 1.54) is 12.0 Å². The number of hydrogen-bond acceptors (Lipinski definition) is 6. The maximum atomic E-state index is 11.9. The fourth-order valence-electron chi connectivity index (χ4n) is 3.17. The molecule has 2 heterocycles. The third-order valence-electron chi connectivity index (χ3n) is 4.66. The molecule has 2 aromatic rings. The smallest absolute Gasteiger partial charge is 0.324 e. The van der Waals surface area contributed by atoms with Crippen LogP contribution in [0.15, 0.2) is 18.2 Å². The third-order valence-corrected chi connectivity index (χ3v) is 6.20. The molecule has 1 fully saturated rings. The number of nitrogens with one attached hydrogen (secondary N) is 1. The van der Waals surface area contributed by atoms with E-state index in [1.807, 2.05) is 19.1 Å². The van der Waals surface area contributed by atoms with E-state index in [0.29, 0.717) is 12.5 Å². The van der Waals surface area contributed by atoms with Crippen LogP contribution in [-0.2, 0) is 16.0 Å². The first-order valence-corrected chi connectivity index (χ1v) is 10.4. The summed E-state index contributed by atoms with van der Waals surface area (Å²) in [6, 6.07) is 5.79. The molecule has 1 aromatic heterocycles. The lowest BCUT2D eigenvalue weighted by Crippen LogP contribution is -2.54. The highest BCUT2D eigenvalue weighted by atomic mass is 35.5. The molecule has 5 nitrogen and oxygen atoms in total. The Hall–Kier alpha value is -1.63. The maximum Gasteiger partial charge on any atom is 0.324 e. The Balaban J connectivity index is 1.93. The lowest BCUT2D eigenvalue weighted by atomic mass is 10.0. The second-order valence-corrected chi connectivity index (χ2v) is 8.78. The first kappa shape index (κ1) is 20.1. The van der Waals surface area contributed by atoms with E-state index in [1.54, 1.807) is 11.3 Å². The summed E-state index contributed by atoms with van der Waals surface area (Å²) in [7, 11) is 1.42. The van der Waals surface area contributed by atoms with Gasteiger partial charge < -0.3 is 15.0 Å². The zero-order valence-electron chi connectivity index (χ0n) is 16.2. The van der Waals surface area contributed by atoms with Gasteiger partial charge in [-0.05, 0) is 30.9 Å². The number of rotatable bonds is 5. The predicted octanol–water partition coefficient (Wildman–Crippen LogP) is 3.92. The van der Waals surface area contributed by atoms with Crippen LogP contribution in [0.4, 0.5) is 5.13 Å². The van der Waals surface area contributed by atoms with E-state index < -0.39 is 0 Å². The number of anilines is 1. The van der Waals surface area contributed by atoms with E-state index in [9.17, 15) is 4.79 Å². The second kappa shape index (κ2) is 8.59. The third kappa shape index (κ3) is 4.62. The van der Waals surface area contributed by atoms with Crippen LogP contribution in [-0.4, -0.2) is 43.7 Å². The summed E-state index contributed by atoms with van der Waals surface area (Å²) in [4.78, 5) is 20.3. The lowest BCUT2D eigenvalue weighted by Gasteiger charge is -2.31. The van der Waals surface area contributed by atoms with Crippen molar-refractivity contribution in [3.8, 4) is 11.3 Å². The molecular weight excluding hydrogens is 382 g/mol. The van der Waals surface area contributed by atoms with Crippen molar-refractivity contribution < 1.29 is 9.53 Å². The number of thiazole rings is 1. The van der Waals surface area contributed by atoms with E-state index in [0.717, 1.165) is 46.5 Å². The van der Waals surface area contributed by atoms with Crippen LogP contribution in [0.3, 0.4) is 0 Å². The fourth-order valence-corrected chi connectivity index (χ4v) is 4.68. The Morgan fingerprint density at radius 1 is 1.48 bits per heavy atom. The van der Waals surface area contributed by atoms with E-state index in [-0.39, 0.29) is 12.0 Å². The van der Waals surface area contributed by atoms with Gasteiger partial charge in [0.05, 0.1) is 12.8 Å². The minimum atomic E-state index is -0.321. The normalized spacial score (nSPS) is 17.4. The van der Waals surface area contributed by atoms with Crippen LogP contribution in [0.2, 0.25) is 5.02 Å². The van der Waals surface area contributed by atoms with Crippen LogP contribution in [0.5, 0.6) is 0 Å². The number of methoxy groups -OCH3 is 1. The Morgan fingerprint density at radius 2 is 2.26 bits per heavy atom. The number of ether oxygens (including phenoxy) is 1. The molecule has 1 aliphatic heterocycles. The van der Waals surface area contributed by atoms with Crippen molar-refractivity contribution in [2.75, 3.05) is 31.6 Å². The van der Waals surface area contributed by atoms with Crippen molar-refractivity contribution in [1.82, 2.24) is 10.3 Å². The summed E-state index contributed by atoms with van der Waals surface area (Å²) in [5.74, 6) is 0.299. The quantitative estimate of drug-likeness (QED) is 0.761. The Bertz CT molecular complexity index is 822. The number of nitrogens with zero attached hydrogens (tertiary/aromatic N) is 2. The van der Waals surface area contributed by atoms with Crippen molar-refractivity contribution in [2.45, 2.75) is 33.2 Å². The van der Waals surface area contributed by atoms with Crippen LogP contribution < -0.4 is 10.2 Å². The number of halogens is 1. The van der Waals surface area contributed by atoms with Crippen LogP contribution >= 0.6 is 22.9 Å². The highest BCUT2D eigenvalue weighted by molar-refractivity contribution is 7.16. The van der Waals surface area contributed by atoms with Gasteiger partial charge in [0.25, 0.3) is 0 Å². The minimum Gasteiger partial charge on any atom is -0.468 e. The molecule has 0 saturated carbocycles. The molecule has 1 unspecified atom stereocenters. The van der Waals surface area contributed by atoms with Gasteiger partial charge >= 0.3 is 5.97 Å². The van der Waals surface area contributed by atoms with Crippen molar-refractivity contribution in [2.24, 2.45) is 5.92 Å². The molecule has 0 radical (unpaired) electrons. The number of carbonyl (C=O) groups excluding carboxylic acids is 1. The average molecular weight is 408 g/mol. The van der Waals surface area contributed by atoms with Crippen LogP contribution in [0.1, 0.15) is 24.3 Å². The molecule has 1 atom stereocenters. The lowest BCUT2D eigenvalue weighted by molar-refractivity contribution is -0.143. The molecule has 0 spiro atoms. The van der Waals surface area contributed by atoms with Gasteiger partial charge in [-0.25, -0.2) is 4.98 Å². The molecule has 0 amide bonds. The monoisotopic (exact) mass is 407 g/mol. The van der Waals surface area contributed by atoms with Crippen molar-refractivity contribution in [3.05, 3.63) is 33.7 Å². The van der Waals surface area contributed by atoms with Gasteiger partial charge in [-0.15, -0.1) is 11.3 Å². The highest BCUT2D eigenvalue weighted by Crippen LogP contribution is 2.36. The number of esters is 1. The summed E-state index contributed by atoms with van der Waals surface area (Å²) in [5, 5.41) is 4.92. The topological polar surface area (TPSA) is 54.5 Å². The molecule has 1 aliphatic rings. The highest BCUT2D eigenvalue weighted by Gasteiger charge is 2.28. The van der Waals surface area contributed by atoms with Crippen LogP contribution in [0.25, 0.3) is 11.3 Å². The van der Waals surface area contributed by atoms with Gasteiger partial charge in [0.2, 0.25) is 0 Å². The molecule has 1 N–H and O–H groups in total. The minimum absolute atomic E-state index is 0.232. The van der Waals surface area contributed by atoms with Crippen LogP contribution in [0, 0.1) is 12.8 Å². The summed E-state index contributed by atoms with van der Waals surface area (Å²) in [5.41, 5.74) is 3.10. The summed E-state index contributed by atoms with van der Waals surface area (Å²) < 4.78 is 4.89. The predicted molar refractivity (Wildman–Crippen MR) is 112 cm³/mol. The van der Waals surface area contributed by atoms with Crippen molar-refractivity contribution in [3.63, 3.8) is 0 Å². The van der Waals surface area contributed by atoms with Gasteiger partial charge in [0.1, 0.15) is 6.04 Å². The number of aryl methyl sites for hydroxylation is 1. The molecule has 1 saturated heterocycles. The number of benzene rings is 1. The number of carbonyl (C=O) groups is 1. The first-order chi connectivity index (χ1) is 12.9. The van der Waals surface area contributed by atoms with E-state index in [4.69, 9.17) is 21.3 Å². The van der Waals surface area contributed by atoms with E-state index in [2.05, 4.69) is 30.1 Å². The average Bonchev–Trinajstić information content (AvgIpc) is 3.06. The van der Waals surface area contributed by atoms with Crippen molar-refractivity contribution >= 4 is 34.0 Å². The van der Waals surface area contributed by atoms with Gasteiger partial charge in [0, 0.05) is 35.1 Å². The summed E-state index contributed by atoms with van der Waals surface area (Å²) >= 11 is 8.07. The number of hydrogen-bond donors (Lipinski definition) is 1. The Labute approximate surface area is 169 Å². The van der Waals surface area contributed by atoms with Gasteiger partial charge in [0.15, 0.2) is 5.13 Å². The summed E-state index contributed by atoms with van der Waals surface area (Å²) in [6.07, 6.45) is 0.963. The molecule has 1 aromatic carbocycles. The SMILES string of the molecule is COC(=O)C1CN(c2nc(-c3ccc(C)c(Cl)c3)c(CC(C)C)s2)CCN1. The number of aromatic nitrogens is 1. The Morgan fingerprint density at radius 3 is 2.93 bits per heavy atom. The van der Waals surface area contributed by atoms with Gasteiger partial charge in [-0.3, -0.25) is 4.79 Å². The van der Waals surface area contributed by atoms with Gasteiger partial charge in [-0.1, -0.05) is 37.6 Å². The molecule has 27 heavy (non-hydrogen) atoms. The second-order valence-electron chi connectivity index (χ2n) is 7.31. The first-order valence-electron chi connectivity index (χ1n) is 9.21. The summed E-state index contributed by atoms with van der Waals surface area (Å²) in [6.45, 7) is 8.53. The van der Waals surface area contributed by atoms with E-state index >= 15 is 0 Å². The van der Waals surface area contributed by atoms with Gasteiger partial charge in [-0.2, -0.15) is 0 Å². The zero-order chi connectivity index (χ0) is 19.6. The molecule has 7 heteroatoms. The molecule has 0 bridgehead atoms. The molecule has 146 valence electrons. The Kier molecular flexibility index (Phi) is 6.40. The molecule has 0 aliphatic carbocycles. The maximum absolute atomic E-state index is 11.9. The fraction of sp³-hybridized carbons (Fsp3) is 0.500. The number of piperazine rings is 1. The molecular formula is C20H26ClN3O2S.